The quantitative estimate of drug-likeness (QED) is 0.522. The highest BCUT2D eigenvalue weighted by molar-refractivity contribution is 4.83. The molecule has 0 aromatic rings. The lowest BCUT2D eigenvalue weighted by molar-refractivity contribution is -0.150. The molecule has 102 valence electrons. The third-order valence-electron chi connectivity index (χ3n) is 3.23. The number of unbranched alkanes of at least 4 members (excludes halogenated alkanes) is 1. The van der Waals surface area contributed by atoms with Gasteiger partial charge in [0.25, 0.3) is 0 Å². The third-order valence-corrected chi connectivity index (χ3v) is 3.23. The Morgan fingerprint density at radius 2 is 1.71 bits per heavy atom. The summed E-state index contributed by atoms with van der Waals surface area (Å²) in [4.78, 5) is 0. The van der Waals surface area contributed by atoms with Crippen LogP contribution in [0.25, 0.3) is 0 Å². The minimum absolute atomic E-state index is 0.314. The van der Waals surface area contributed by atoms with E-state index in [1.165, 1.54) is 0 Å². The van der Waals surface area contributed by atoms with Crippen LogP contribution in [0, 0.1) is 5.41 Å². The fourth-order valence-corrected chi connectivity index (χ4v) is 1.72. The van der Waals surface area contributed by atoms with Crippen molar-refractivity contribution >= 4 is 0 Å². The molecule has 4 heteroatoms. The maximum Gasteiger partial charge on any atom is 0.0700 e. The molecule has 1 fully saturated rings. The molecule has 4 nitrogen and oxygen atoms in total. The molecule has 0 N–H and O–H groups in total. The molecule has 17 heavy (non-hydrogen) atoms. The Morgan fingerprint density at radius 1 is 1.00 bits per heavy atom. The zero-order valence-corrected chi connectivity index (χ0v) is 11.2. The molecule has 1 aliphatic rings. The molecule has 0 bridgehead atoms. The monoisotopic (exact) mass is 246 g/mol. The summed E-state index contributed by atoms with van der Waals surface area (Å²) in [5.41, 5.74) is 0.314. The van der Waals surface area contributed by atoms with Gasteiger partial charge in [0.05, 0.1) is 33.0 Å². The summed E-state index contributed by atoms with van der Waals surface area (Å²) >= 11 is 0. The van der Waals surface area contributed by atoms with Gasteiger partial charge in [0.15, 0.2) is 0 Å². The van der Waals surface area contributed by atoms with Crippen molar-refractivity contribution in [1.29, 1.82) is 0 Å². The molecule has 0 amide bonds. The molecule has 0 aliphatic carbocycles. The van der Waals surface area contributed by atoms with Gasteiger partial charge in [0.1, 0.15) is 0 Å². The summed E-state index contributed by atoms with van der Waals surface area (Å²) in [6.07, 6.45) is 3.26. The SMILES string of the molecule is CCC1(COCCCCOCCOC)COC1. The fraction of sp³-hybridized carbons (Fsp3) is 1.00. The van der Waals surface area contributed by atoms with Crippen molar-refractivity contribution in [1.82, 2.24) is 0 Å². The minimum Gasteiger partial charge on any atom is -0.382 e. The zero-order valence-electron chi connectivity index (χ0n) is 11.2. The van der Waals surface area contributed by atoms with Crippen LogP contribution in [0.15, 0.2) is 0 Å². The first kappa shape index (κ1) is 14.9. The Morgan fingerprint density at radius 3 is 2.24 bits per heavy atom. The van der Waals surface area contributed by atoms with Crippen LogP contribution in [0.5, 0.6) is 0 Å². The summed E-state index contributed by atoms with van der Waals surface area (Å²) < 4.78 is 21.2. The van der Waals surface area contributed by atoms with Crippen LogP contribution < -0.4 is 0 Å². The zero-order chi connectivity index (χ0) is 12.4. The number of hydrogen-bond donors (Lipinski definition) is 0. The molecule has 0 unspecified atom stereocenters. The first-order valence-electron chi connectivity index (χ1n) is 6.55. The third kappa shape index (κ3) is 5.82. The van der Waals surface area contributed by atoms with Crippen molar-refractivity contribution in [3.05, 3.63) is 0 Å². The van der Waals surface area contributed by atoms with E-state index in [9.17, 15) is 0 Å². The van der Waals surface area contributed by atoms with E-state index >= 15 is 0 Å². The van der Waals surface area contributed by atoms with Gasteiger partial charge in [-0.2, -0.15) is 0 Å². The summed E-state index contributed by atoms with van der Waals surface area (Å²) in [6, 6.07) is 0. The normalized spacial score (nSPS) is 18.0. The van der Waals surface area contributed by atoms with E-state index in [2.05, 4.69) is 6.92 Å². The largest absolute Gasteiger partial charge is 0.382 e. The Balaban J connectivity index is 1.81. The molecule has 0 atom stereocenters. The Hall–Kier alpha value is -0.160. The van der Waals surface area contributed by atoms with Gasteiger partial charge in [-0.25, -0.2) is 0 Å². The van der Waals surface area contributed by atoms with E-state index in [1.807, 2.05) is 0 Å². The number of ether oxygens (including phenoxy) is 4. The summed E-state index contributed by atoms with van der Waals surface area (Å²) in [7, 11) is 1.69. The molecule has 0 aromatic heterocycles. The molecule has 0 saturated carbocycles. The highest BCUT2D eigenvalue weighted by atomic mass is 16.5. The maximum absolute atomic E-state index is 5.70. The van der Waals surface area contributed by atoms with Gasteiger partial charge in [-0.15, -0.1) is 0 Å². The predicted octanol–water partition coefficient (Wildman–Crippen LogP) is 1.87. The van der Waals surface area contributed by atoms with Crippen molar-refractivity contribution < 1.29 is 18.9 Å². The van der Waals surface area contributed by atoms with Crippen molar-refractivity contribution in [2.45, 2.75) is 26.2 Å². The van der Waals surface area contributed by atoms with E-state index in [-0.39, 0.29) is 0 Å². The molecule has 1 saturated heterocycles. The number of hydrogen-bond acceptors (Lipinski definition) is 4. The van der Waals surface area contributed by atoms with Crippen LogP contribution in [0.2, 0.25) is 0 Å². The van der Waals surface area contributed by atoms with Crippen LogP contribution in [-0.2, 0) is 18.9 Å². The molecule has 1 rings (SSSR count). The van der Waals surface area contributed by atoms with Gasteiger partial charge in [-0.1, -0.05) is 6.92 Å². The van der Waals surface area contributed by atoms with Crippen molar-refractivity contribution in [3.8, 4) is 0 Å². The van der Waals surface area contributed by atoms with Crippen LogP contribution >= 0.6 is 0 Å². The standard InChI is InChI=1S/C13H26O4/c1-3-13(11-17-12-13)10-16-7-5-4-6-15-9-8-14-2/h3-12H2,1-2H3. The highest BCUT2D eigenvalue weighted by Crippen LogP contribution is 2.31. The molecular weight excluding hydrogens is 220 g/mol. The predicted molar refractivity (Wildman–Crippen MR) is 66.3 cm³/mol. The van der Waals surface area contributed by atoms with E-state index in [1.54, 1.807) is 7.11 Å². The Kier molecular flexibility index (Phi) is 7.77. The van der Waals surface area contributed by atoms with Gasteiger partial charge >= 0.3 is 0 Å². The van der Waals surface area contributed by atoms with Gasteiger partial charge in [-0.3, -0.25) is 0 Å². The number of rotatable bonds is 11. The van der Waals surface area contributed by atoms with Crippen LogP contribution in [-0.4, -0.2) is 53.4 Å². The van der Waals surface area contributed by atoms with Crippen LogP contribution in [0.3, 0.4) is 0 Å². The second-order valence-corrected chi connectivity index (χ2v) is 4.71. The lowest BCUT2D eigenvalue weighted by Crippen LogP contribution is -2.45. The molecule has 1 heterocycles. The lowest BCUT2D eigenvalue weighted by Gasteiger charge is -2.40. The van der Waals surface area contributed by atoms with E-state index in [0.717, 1.165) is 52.3 Å². The average Bonchev–Trinajstić information content (AvgIpc) is 2.30. The summed E-state index contributed by atoms with van der Waals surface area (Å²) in [6.45, 7) is 7.77. The van der Waals surface area contributed by atoms with Gasteiger partial charge in [0, 0.05) is 25.7 Å². The van der Waals surface area contributed by atoms with Crippen LogP contribution in [0.1, 0.15) is 26.2 Å². The van der Waals surface area contributed by atoms with Gasteiger partial charge in [-0.05, 0) is 19.3 Å². The van der Waals surface area contributed by atoms with Crippen molar-refractivity contribution in [2.24, 2.45) is 5.41 Å². The average molecular weight is 246 g/mol. The highest BCUT2D eigenvalue weighted by Gasteiger charge is 2.36. The van der Waals surface area contributed by atoms with E-state index < -0.39 is 0 Å². The first-order chi connectivity index (χ1) is 8.33. The molecular formula is C13H26O4. The van der Waals surface area contributed by atoms with Crippen LogP contribution in [0.4, 0.5) is 0 Å². The topological polar surface area (TPSA) is 36.9 Å². The molecule has 0 aromatic carbocycles. The van der Waals surface area contributed by atoms with Gasteiger partial charge in [0.2, 0.25) is 0 Å². The summed E-state index contributed by atoms with van der Waals surface area (Å²) in [5.74, 6) is 0. The Bertz CT molecular complexity index is 175. The summed E-state index contributed by atoms with van der Waals surface area (Å²) in [5, 5.41) is 0. The Labute approximate surface area is 105 Å². The molecule has 1 aliphatic heterocycles. The smallest absolute Gasteiger partial charge is 0.0700 e. The minimum atomic E-state index is 0.314. The van der Waals surface area contributed by atoms with E-state index in [4.69, 9.17) is 18.9 Å². The van der Waals surface area contributed by atoms with Crippen molar-refractivity contribution in [3.63, 3.8) is 0 Å². The first-order valence-corrected chi connectivity index (χ1v) is 6.55. The second kappa shape index (κ2) is 8.86. The molecule has 0 radical (unpaired) electrons. The molecule has 0 spiro atoms. The van der Waals surface area contributed by atoms with Gasteiger partial charge < -0.3 is 18.9 Å². The lowest BCUT2D eigenvalue weighted by atomic mass is 9.84. The number of methoxy groups -OCH3 is 1. The second-order valence-electron chi connectivity index (χ2n) is 4.71. The maximum atomic E-state index is 5.70. The van der Waals surface area contributed by atoms with E-state index in [0.29, 0.717) is 18.6 Å². The van der Waals surface area contributed by atoms with Crippen molar-refractivity contribution in [2.75, 3.05) is 53.4 Å². The fourth-order valence-electron chi connectivity index (χ4n) is 1.72.